The summed E-state index contributed by atoms with van der Waals surface area (Å²) in [4.78, 5) is 11.9. The number of halogens is 2. The first-order valence-electron chi connectivity index (χ1n) is 7.78. The van der Waals surface area contributed by atoms with Crippen molar-refractivity contribution in [3.05, 3.63) is 35.6 Å². The molecule has 0 fully saturated rings. The van der Waals surface area contributed by atoms with E-state index in [4.69, 9.17) is 11.5 Å². The Balaban J connectivity index is 0.00000529. The highest BCUT2D eigenvalue weighted by Crippen LogP contribution is 2.15. The molecule has 0 saturated carbocycles. The van der Waals surface area contributed by atoms with Gasteiger partial charge >= 0.3 is 7.12 Å². The Morgan fingerprint density at radius 3 is 2.42 bits per heavy atom. The van der Waals surface area contributed by atoms with Crippen molar-refractivity contribution in [1.29, 1.82) is 0 Å². The van der Waals surface area contributed by atoms with Crippen LogP contribution in [0.5, 0.6) is 0 Å². The second-order valence-corrected chi connectivity index (χ2v) is 5.64. The van der Waals surface area contributed by atoms with Crippen LogP contribution >= 0.6 is 12.4 Å². The molecular weight excluding hydrogens is 335 g/mol. The fraction of sp³-hybridized carbons (Fsp3) is 0.533. The zero-order chi connectivity index (χ0) is 17.2. The van der Waals surface area contributed by atoms with Crippen LogP contribution in [-0.2, 0) is 11.2 Å². The number of nitrogens with one attached hydrogen (secondary N) is 1. The summed E-state index contributed by atoms with van der Waals surface area (Å²) in [5.41, 5.74) is 11.9. The lowest BCUT2D eigenvalue weighted by molar-refractivity contribution is -0.122. The Kier molecular flexibility index (Phi) is 11.6. The van der Waals surface area contributed by atoms with Crippen LogP contribution in [0.1, 0.15) is 24.8 Å². The fourth-order valence-corrected chi connectivity index (χ4v) is 2.21. The zero-order valence-electron chi connectivity index (χ0n) is 13.5. The molecule has 1 rings (SSSR count). The number of hydrogen-bond acceptors (Lipinski definition) is 5. The topological polar surface area (TPSA) is 122 Å². The summed E-state index contributed by atoms with van der Waals surface area (Å²) in [6, 6.07) is 5.13. The monoisotopic (exact) mass is 361 g/mol. The minimum atomic E-state index is -1.59. The van der Waals surface area contributed by atoms with Gasteiger partial charge in [-0.05, 0) is 43.5 Å². The zero-order valence-corrected chi connectivity index (χ0v) is 14.3. The van der Waals surface area contributed by atoms with Gasteiger partial charge in [-0.1, -0.05) is 18.6 Å². The van der Waals surface area contributed by atoms with Crippen molar-refractivity contribution >= 4 is 25.4 Å². The van der Waals surface area contributed by atoms with E-state index in [1.807, 2.05) is 0 Å². The lowest BCUT2D eigenvalue weighted by Gasteiger charge is -2.18. The van der Waals surface area contributed by atoms with E-state index in [1.54, 1.807) is 12.1 Å². The number of carbonyl (C=O) groups is 1. The van der Waals surface area contributed by atoms with Crippen LogP contribution in [0, 0.1) is 5.82 Å². The van der Waals surface area contributed by atoms with Gasteiger partial charge < -0.3 is 26.8 Å². The number of rotatable bonds is 10. The van der Waals surface area contributed by atoms with Gasteiger partial charge in [0.25, 0.3) is 0 Å². The van der Waals surface area contributed by atoms with Crippen LogP contribution in [0.25, 0.3) is 0 Å². The molecule has 1 aromatic carbocycles. The number of amides is 1. The first-order chi connectivity index (χ1) is 10.9. The molecule has 0 aromatic heterocycles. The van der Waals surface area contributed by atoms with Gasteiger partial charge in [-0.3, -0.25) is 4.79 Å². The number of nitrogens with two attached hydrogens (primary N) is 2. The average Bonchev–Trinajstić information content (AvgIpc) is 2.52. The van der Waals surface area contributed by atoms with Gasteiger partial charge in [0.15, 0.2) is 0 Å². The Hall–Kier alpha value is -1.19. The van der Waals surface area contributed by atoms with Gasteiger partial charge in [0.2, 0.25) is 5.91 Å². The first-order valence-corrected chi connectivity index (χ1v) is 7.78. The summed E-state index contributed by atoms with van der Waals surface area (Å²) in [5.74, 6) is -1.28. The maximum atomic E-state index is 12.9. The van der Waals surface area contributed by atoms with Crippen LogP contribution in [0.2, 0.25) is 5.82 Å². The molecule has 1 aromatic rings. The van der Waals surface area contributed by atoms with Gasteiger partial charge in [-0.25, -0.2) is 4.39 Å². The number of hydrogen-bond donors (Lipinski definition) is 5. The van der Waals surface area contributed by atoms with Gasteiger partial charge in [0.1, 0.15) is 5.82 Å². The highest BCUT2D eigenvalue weighted by Gasteiger charge is 2.25. The largest absolute Gasteiger partial charge is 0.456 e. The average molecular weight is 362 g/mol. The third-order valence-corrected chi connectivity index (χ3v) is 3.68. The molecule has 24 heavy (non-hydrogen) atoms. The van der Waals surface area contributed by atoms with Crippen LogP contribution in [0.15, 0.2) is 24.3 Å². The van der Waals surface area contributed by atoms with Crippen molar-refractivity contribution in [3.8, 4) is 0 Å². The van der Waals surface area contributed by atoms with E-state index in [9.17, 15) is 19.2 Å². The second-order valence-electron chi connectivity index (χ2n) is 5.64. The summed E-state index contributed by atoms with van der Waals surface area (Å²) in [7, 11) is -1.59. The normalized spacial score (nSPS) is 12.9. The molecule has 0 aliphatic heterocycles. The van der Waals surface area contributed by atoms with Gasteiger partial charge in [-0.15, -0.1) is 12.4 Å². The minimum Gasteiger partial charge on any atom is -0.427 e. The molecule has 1 amide bonds. The third kappa shape index (κ3) is 8.61. The quantitative estimate of drug-likeness (QED) is 0.301. The van der Waals surface area contributed by atoms with Gasteiger partial charge in [0, 0.05) is 12.4 Å². The lowest BCUT2D eigenvalue weighted by atomic mass is 9.69. The standard InChI is InChI=1S/C15H25BFN3O3.ClH/c17-13-6-4-11(5-7-13)9-12(16(22)23)10-20-15(21)14(19)3-1-2-8-18;/h4-7,12,14,22-23H,1-3,8-10,18-19H2,(H,20,21);1H/t12-,14+;/m1./s1. The number of benzene rings is 1. The van der Waals surface area contributed by atoms with E-state index in [-0.39, 0.29) is 30.7 Å². The Morgan fingerprint density at radius 2 is 1.88 bits per heavy atom. The summed E-state index contributed by atoms with van der Waals surface area (Å²) in [5, 5.41) is 21.5. The van der Waals surface area contributed by atoms with Crippen LogP contribution in [-0.4, -0.2) is 42.2 Å². The predicted octanol–water partition coefficient (Wildman–Crippen LogP) is 0.205. The Labute approximate surface area is 148 Å². The molecule has 0 aliphatic carbocycles. The maximum absolute atomic E-state index is 12.9. The Bertz CT molecular complexity index is 480. The SMILES string of the molecule is Cl.NCCCC[C@H](N)C(=O)NC[C@@H](Cc1ccc(F)cc1)B(O)O. The molecule has 0 aliphatic rings. The molecule has 0 spiro atoms. The molecule has 2 atom stereocenters. The predicted molar refractivity (Wildman–Crippen MR) is 95.2 cm³/mol. The molecule has 6 nitrogen and oxygen atoms in total. The van der Waals surface area contributed by atoms with Crippen molar-refractivity contribution in [2.24, 2.45) is 11.5 Å². The molecule has 0 bridgehead atoms. The van der Waals surface area contributed by atoms with E-state index in [2.05, 4.69) is 5.32 Å². The van der Waals surface area contributed by atoms with E-state index >= 15 is 0 Å². The highest BCUT2D eigenvalue weighted by atomic mass is 35.5. The van der Waals surface area contributed by atoms with Crippen LogP contribution in [0.4, 0.5) is 4.39 Å². The molecule has 0 saturated heterocycles. The molecule has 0 heterocycles. The molecular formula is C15H26BClFN3O3. The lowest BCUT2D eigenvalue weighted by Crippen LogP contribution is -2.43. The number of carbonyl (C=O) groups excluding carboxylic acids is 1. The van der Waals surface area contributed by atoms with Crippen molar-refractivity contribution in [2.75, 3.05) is 13.1 Å². The fourth-order valence-electron chi connectivity index (χ4n) is 2.21. The van der Waals surface area contributed by atoms with E-state index < -0.39 is 19.0 Å². The molecule has 0 unspecified atom stereocenters. The van der Waals surface area contributed by atoms with Crippen molar-refractivity contribution in [2.45, 2.75) is 37.5 Å². The smallest absolute Gasteiger partial charge is 0.427 e. The van der Waals surface area contributed by atoms with Crippen molar-refractivity contribution in [3.63, 3.8) is 0 Å². The summed E-state index contributed by atoms with van der Waals surface area (Å²) in [6.07, 6.45) is 2.42. The minimum absolute atomic E-state index is 0. The summed E-state index contributed by atoms with van der Waals surface area (Å²) < 4.78 is 12.9. The van der Waals surface area contributed by atoms with E-state index in [0.717, 1.165) is 18.4 Å². The highest BCUT2D eigenvalue weighted by molar-refractivity contribution is 6.43. The molecule has 136 valence electrons. The van der Waals surface area contributed by atoms with E-state index in [0.29, 0.717) is 19.4 Å². The van der Waals surface area contributed by atoms with Crippen LogP contribution in [0.3, 0.4) is 0 Å². The number of unbranched alkanes of at least 4 members (excludes halogenated alkanes) is 1. The first kappa shape index (κ1) is 22.8. The maximum Gasteiger partial charge on any atom is 0.456 e. The molecule has 7 N–H and O–H groups in total. The van der Waals surface area contributed by atoms with Crippen molar-refractivity contribution < 1.29 is 19.2 Å². The van der Waals surface area contributed by atoms with Gasteiger partial charge in [0.05, 0.1) is 6.04 Å². The molecule has 0 radical (unpaired) electrons. The van der Waals surface area contributed by atoms with Crippen molar-refractivity contribution in [1.82, 2.24) is 5.32 Å². The summed E-state index contributed by atoms with van der Waals surface area (Å²) >= 11 is 0. The third-order valence-electron chi connectivity index (χ3n) is 3.68. The van der Waals surface area contributed by atoms with Crippen LogP contribution < -0.4 is 16.8 Å². The van der Waals surface area contributed by atoms with Gasteiger partial charge in [-0.2, -0.15) is 0 Å². The Morgan fingerprint density at radius 1 is 1.25 bits per heavy atom. The second kappa shape index (κ2) is 12.2. The molecule has 9 heteroatoms. The van der Waals surface area contributed by atoms with E-state index in [1.165, 1.54) is 12.1 Å². The summed E-state index contributed by atoms with van der Waals surface area (Å²) in [6.45, 7) is 0.642.